The standard InChI is InChI=1S/C53H38N2O2/c1-33-13-7-10-18-45(33)54(40-16-5-4-6-17-40)41-23-21-36-29-43-50(31-38(36)27-41)56-48-25-26-49-53(52(43)48)44-30-37-22-24-42(28-39(37)32-51(44)57-49)55(46-19-11-8-14-34(46)2)47-20-12-9-15-35(47)3/h4-32H,1-3H3. The smallest absolute Gasteiger partial charge is 0.136 e. The van der Waals surface area contributed by atoms with E-state index in [0.29, 0.717) is 0 Å². The number of para-hydroxylation sites is 4. The van der Waals surface area contributed by atoms with Gasteiger partial charge in [0.15, 0.2) is 0 Å². The quantitative estimate of drug-likeness (QED) is 0.170. The summed E-state index contributed by atoms with van der Waals surface area (Å²) in [5, 5.41) is 8.88. The van der Waals surface area contributed by atoms with Gasteiger partial charge in [-0.1, -0.05) is 84.9 Å². The summed E-state index contributed by atoms with van der Waals surface area (Å²) in [6.45, 7) is 6.51. The number of nitrogens with zero attached hydrogens (tertiary/aromatic N) is 2. The van der Waals surface area contributed by atoms with Crippen LogP contribution in [0.2, 0.25) is 0 Å². The normalized spacial score (nSPS) is 11.8. The zero-order valence-electron chi connectivity index (χ0n) is 32.0. The molecule has 0 atom stereocenters. The summed E-state index contributed by atoms with van der Waals surface area (Å²) < 4.78 is 13.3. The number of aryl methyl sites for hydroxylation is 3. The Morgan fingerprint density at radius 3 is 1.21 bits per heavy atom. The second kappa shape index (κ2) is 12.9. The molecule has 0 fully saturated rings. The Bertz CT molecular complexity index is 3310. The number of benzene rings is 9. The van der Waals surface area contributed by atoms with Crippen LogP contribution in [0.15, 0.2) is 185 Å². The lowest BCUT2D eigenvalue weighted by atomic mass is 10.00. The molecule has 0 unspecified atom stereocenters. The predicted molar refractivity (Wildman–Crippen MR) is 240 cm³/mol. The Balaban J connectivity index is 1.06. The summed E-state index contributed by atoms with van der Waals surface area (Å²) in [5.41, 5.74) is 13.9. The van der Waals surface area contributed by atoms with Crippen LogP contribution in [0.25, 0.3) is 65.4 Å². The van der Waals surface area contributed by atoms with E-state index in [1.807, 2.05) is 12.1 Å². The molecule has 0 aliphatic heterocycles. The SMILES string of the molecule is Cc1ccccc1N(c1ccccc1)c1ccc2cc3c(cc2c1)oc1ccc2oc4cc5cc(N(c6ccccc6C)c6ccccc6C)ccc5cc4c2c13. The molecule has 0 amide bonds. The third-order valence-electron chi connectivity index (χ3n) is 11.6. The Kier molecular flexibility index (Phi) is 7.48. The van der Waals surface area contributed by atoms with Gasteiger partial charge in [0.05, 0.1) is 0 Å². The summed E-state index contributed by atoms with van der Waals surface area (Å²) in [5.74, 6) is 0. The molecular formula is C53H38N2O2. The molecule has 0 radical (unpaired) electrons. The molecule has 0 aliphatic rings. The van der Waals surface area contributed by atoms with Gasteiger partial charge in [0.25, 0.3) is 0 Å². The van der Waals surface area contributed by atoms with Gasteiger partial charge in [0, 0.05) is 55.7 Å². The summed E-state index contributed by atoms with van der Waals surface area (Å²) >= 11 is 0. The van der Waals surface area contributed by atoms with Gasteiger partial charge in [-0.3, -0.25) is 0 Å². The van der Waals surface area contributed by atoms with Crippen molar-refractivity contribution >= 4 is 99.5 Å². The highest BCUT2D eigenvalue weighted by Crippen LogP contribution is 2.45. The lowest BCUT2D eigenvalue weighted by Crippen LogP contribution is -2.12. The molecule has 0 N–H and O–H groups in total. The molecule has 11 rings (SSSR count). The number of rotatable bonds is 6. The average Bonchev–Trinajstić information content (AvgIpc) is 3.78. The van der Waals surface area contributed by atoms with Gasteiger partial charge >= 0.3 is 0 Å². The molecule has 0 aliphatic carbocycles. The number of fused-ring (bicyclic) bond motifs is 9. The van der Waals surface area contributed by atoms with Gasteiger partial charge in [-0.05, 0) is 150 Å². The Morgan fingerprint density at radius 2 is 0.737 bits per heavy atom. The van der Waals surface area contributed by atoms with Gasteiger partial charge in [-0.2, -0.15) is 0 Å². The molecule has 2 aromatic heterocycles. The molecule has 57 heavy (non-hydrogen) atoms. The van der Waals surface area contributed by atoms with E-state index < -0.39 is 0 Å². The third kappa shape index (κ3) is 5.37. The van der Waals surface area contributed by atoms with Gasteiger partial charge in [-0.15, -0.1) is 0 Å². The first kappa shape index (κ1) is 33.1. The topological polar surface area (TPSA) is 32.8 Å². The second-order valence-electron chi connectivity index (χ2n) is 15.1. The molecule has 0 spiro atoms. The first-order valence-electron chi connectivity index (χ1n) is 19.5. The minimum atomic E-state index is 0.851. The van der Waals surface area contributed by atoms with E-state index in [2.05, 4.69) is 194 Å². The van der Waals surface area contributed by atoms with Crippen molar-refractivity contribution in [3.05, 3.63) is 193 Å². The number of hydrogen-bond acceptors (Lipinski definition) is 4. The molecule has 2 heterocycles. The maximum absolute atomic E-state index is 6.66. The van der Waals surface area contributed by atoms with Crippen LogP contribution >= 0.6 is 0 Å². The maximum atomic E-state index is 6.66. The minimum absolute atomic E-state index is 0.851. The largest absolute Gasteiger partial charge is 0.456 e. The van der Waals surface area contributed by atoms with E-state index in [1.54, 1.807) is 0 Å². The van der Waals surface area contributed by atoms with Gasteiger partial charge in [0.1, 0.15) is 22.3 Å². The molecule has 9 aromatic carbocycles. The summed E-state index contributed by atoms with van der Waals surface area (Å²) in [6, 6.07) is 62.8. The van der Waals surface area contributed by atoms with Crippen LogP contribution in [0, 0.1) is 20.8 Å². The lowest BCUT2D eigenvalue weighted by Gasteiger charge is -2.28. The molecule has 0 saturated carbocycles. The minimum Gasteiger partial charge on any atom is -0.456 e. The molecule has 4 nitrogen and oxygen atoms in total. The fraction of sp³-hybridized carbons (Fsp3) is 0.0566. The van der Waals surface area contributed by atoms with Crippen molar-refractivity contribution < 1.29 is 8.83 Å². The highest BCUT2D eigenvalue weighted by Gasteiger charge is 2.21. The Labute approximate surface area is 330 Å². The van der Waals surface area contributed by atoms with Gasteiger partial charge in [0.2, 0.25) is 0 Å². The highest BCUT2D eigenvalue weighted by molar-refractivity contribution is 6.27. The molecular weight excluding hydrogens is 697 g/mol. The highest BCUT2D eigenvalue weighted by atomic mass is 16.3. The van der Waals surface area contributed by atoms with Gasteiger partial charge in [-0.25, -0.2) is 0 Å². The fourth-order valence-corrected chi connectivity index (χ4v) is 8.73. The van der Waals surface area contributed by atoms with Gasteiger partial charge < -0.3 is 18.6 Å². The van der Waals surface area contributed by atoms with Crippen molar-refractivity contribution in [2.75, 3.05) is 9.80 Å². The summed E-state index contributed by atoms with van der Waals surface area (Å²) in [7, 11) is 0. The van der Waals surface area contributed by atoms with Crippen LogP contribution in [0.3, 0.4) is 0 Å². The Morgan fingerprint density at radius 1 is 0.316 bits per heavy atom. The monoisotopic (exact) mass is 734 g/mol. The zero-order valence-corrected chi connectivity index (χ0v) is 32.0. The number of anilines is 6. The van der Waals surface area contributed by atoms with E-state index in [9.17, 15) is 0 Å². The number of hydrogen-bond donors (Lipinski definition) is 0. The second-order valence-corrected chi connectivity index (χ2v) is 15.1. The van der Waals surface area contributed by atoms with Crippen LogP contribution in [-0.4, -0.2) is 0 Å². The number of furan rings is 2. The van der Waals surface area contributed by atoms with E-state index in [0.717, 1.165) is 99.5 Å². The first-order valence-corrected chi connectivity index (χ1v) is 19.5. The summed E-state index contributed by atoms with van der Waals surface area (Å²) in [4.78, 5) is 4.69. The van der Waals surface area contributed by atoms with E-state index in [1.165, 1.54) is 16.7 Å². The Hall–Kier alpha value is -7.30. The molecule has 0 bridgehead atoms. The van der Waals surface area contributed by atoms with Crippen molar-refractivity contribution in [2.45, 2.75) is 20.8 Å². The van der Waals surface area contributed by atoms with Crippen LogP contribution in [-0.2, 0) is 0 Å². The van der Waals surface area contributed by atoms with Crippen LogP contribution in [0.5, 0.6) is 0 Å². The zero-order chi connectivity index (χ0) is 38.2. The van der Waals surface area contributed by atoms with Crippen molar-refractivity contribution in [1.82, 2.24) is 0 Å². The molecule has 272 valence electrons. The van der Waals surface area contributed by atoms with Crippen molar-refractivity contribution in [3.63, 3.8) is 0 Å². The van der Waals surface area contributed by atoms with Crippen molar-refractivity contribution in [2.24, 2.45) is 0 Å². The van der Waals surface area contributed by atoms with E-state index >= 15 is 0 Å². The third-order valence-corrected chi connectivity index (χ3v) is 11.6. The average molecular weight is 735 g/mol. The van der Waals surface area contributed by atoms with Crippen LogP contribution in [0.1, 0.15) is 16.7 Å². The fourth-order valence-electron chi connectivity index (χ4n) is 8.73. The van der Waals surface area contributed by atoms with Crippen LogP contribution in [0.4, 0.5) is 34.1 Å². The molecule has 11 aromatic rings. The van der Waals surface area contributed by atoms with Crippen molar-refractivity contribution in [3.8, 4) is 0 Å². The van der Waals surface area contributed by atoms with E-state index in [4.69, 9.17) is 8.83 Å². The van der Waals surface area contributed by atoms with Crippen molar-refractivity contribution in [1.29, 1.82) is 0 Å². The predicted octanol–water partition coefficient (Wildman–Crippen LogP) is 15.7. The lowest BCUT2D eigenvalue weighted by molar-refractivity contribution is 0.663. The first-order chi connectivity index (χ1) is 28.0. The van der Waals surface area contributed by atoms with E-state index in [-0.39, 0.29) is 0 Å². The summed E-state index contributed by atoms with van der Waals surface area (Å²) in [6.07, 6.45) is 0. The maximum Gasteiger partial charge on any atom is 0.136 e. The molecule has 4 heteroatoms. The molecule has 0 saturated heterocycles. The van der Waals surface area contributed by atoms with Crippen LogP contribution < -0.4 is 9.80 Å².